The molecule has 0 radical (unpaired) electrons. The lowest BCUT2D eigenvalue weighted by Crippen LogP contribution is -2.22. The number of hydrogen-bond donors (Lipinski definition) is 2. The summed E-state index contributed by atoms with van der Waals surface area (Å²) in [6.45, 7) is 0.519. The number of nitrogens with two attached hydrogens (primary N) is 2. The lowest BCUT2D eigenvalue weighted by atomic mass is 10.3. The van der Waals surface area contributed by atoms with Crippen molar-refractivity contribution in [1.29, 1.82) is 0 Å². The van der Waals surface area contributed by atoms with Gasteiger partial charge >= 0.3 is 0 Å². The molecule has 0 aromatic carbocycles. The third-order valence-corrected chi connectivity index (χ3v) is 1.19. The average Bonchev–Trinajstić information content (AvgIpc) is 2.03. The van der Waals surface area contributed by atoms with Crippen LogP contribution in [0.5, 0.6) is 0 Å². The highest BCUT2D eigenvalue weighted by Gasteiger charge is 1.87. The Bertz CT molecular complexity index is 250. The van der Waals surface area contributed by atoms with E-state index in [-0.39, 0.29) is 55.6 Å². The van der Waals surface area contributed by atoms with Crippen LogP contribution in [-0.2, 0) is 6.54 Å². The summed E-state index contributed by atoms with van der Waals surface area (Å²) in [5.41, 5.74) is 11.4. The molecule has 0 aliphatic carbocycles. The first-order valence-electron chi connectivity index (χ1n) is 3.23. The second-order valence-corrected chi connectivity index (χ2v) is 2.10. The fraction of sp³-hybridized carbons (Fsp3) is 0.143. The van der Waals surface area contributed by atoms with Gasteiger partial charge in [-0.2, -0.15) is 0 Å². The Kier molecular flexibility index (Phi) is 21.7. The van der Waals surface area contributed by atoms with Gasteiger partial charge in [-0.15, -0.1) is 49.6 Å². The molecular formula is C7H14Cl4N4. The molecule has 4 nitrogen and oxygen atoms in total. The number of aromatic nitrogens is 1. The van der Waals surface area contributed by atoms with Crippen molar-refractivity contribution in [2.75, 3.05) is 0 Å². The molecule has 0 atom stereocenters. The van der Waals surface area contributed by atoms with Gasteiger partial charge in [0.05, 0.1) is 6.54 Å². The molecular weight excluding hydrogens is 282 g/mol. The molecule has 0 saturated heterocycles. The van der Waals surface area contributed by atoms with Crippen LogP contribution in [0.15, 0.2) is 29.5 Å². The van der Waals surface area contributed by atoms with Gasteiger partial charge in [0, 0.05) is 12.4 Å². The highest BCUT2D eigenvalue weighted by Crippen LogP contribution is 1.96. The van der Waals surface area contributed by atoms with Gasteiger partial charge in [-0.25, -0.2) is 4.99 Å². The first kappa shape index (κ1) is 24.0. The van der Waals surface area contributed by atoms with Crippen molar-refractivity contribution in [2.45, 2.75) is 6.54 Å². The summed E-state index contributed by atoms with van der Waals surface area (Å²) < 4.78 is 0. The van der Waals surface area contributed by atoms with Gasteiger partial charge in [0.2, 0.25) is 0 Å². The largest absolute Gasteiger partial charge is 0.370 e. The molecule has 0 unspecified atom stereocenters. The van der Waals surface area contributed by atoms with Crippen LogP contribution in [0.4, 0.5) is 0 Å². The van der Waals surface area contributed by atoms with Crippen molar-refractivity contribution < 1.29 is 0 Å². The molecule has 1 aromatic rings. The van der Waals surface area contributed by atoms with Crippen molar-refractivity contribution in [2.24, 2.45) is 16.5 Å². The predicted molar refractivity (Wildman–Crippen MR) is 72.7 cm³/mol. The third kappa shape index (κ3) is 11.5. The van der Waals surface area contributed by atoms with Gasteiger partial charge in [0.15, 0.2) is 5.96 Å². The summed E-state index contributed by atoms with van der Waals surface area (Å²) in [7, 11) is 0. The monoisotopic (exact) mass is 294 g/mol. The quantitative estimate of drug-likeness (QED) is 0.642. The highest BCUT2D eigenvalue weighted by molar-refractivity contribution is 5.86. The van der Waals surface area contributed by atoms with Gasteiger partial charge in [0.25, 0.3) is 0 Å². The molecule has 0 bridgehead atoms. The van der Waals surface area contributed by atoms with Gasteiger partial charge in [-0.05, 0) is 17.7 Å². The van der Waals surface area contributed by atoms with Crippen molar-refractivity contribution >= 4 is 55.6 Å². The average molecular weight is 296 g/mol. The standard InChI is InChI=1S/C7H10N4.4ClH/c8-7(9)11-5-6-1-3-10-4-2-6;;;;/h1-4H,5H2,(H4,8,9,11);4*1H. The number of nitrogens with zero attached hydrogens (tertiary/aromatic N) is 2. The number of halogens is 4. The van der Waals surface area contributed by atoms with Crippen molar-refractivity contribution in [3.8, 4) is 0 Å². The maximum Gasteiger partial charge on any atom is 0.186 e. The van der Waals surface area contributed by atoms with E-state index in [0.29, 0.717) is 6.54 Å². The topological polar surface area (TPSA) is 77.3 Å². The molecule has 8 heteroatoms. The second-order valence-electron chi connectivity index (χ2n) is 2.10. The normalized spacial score (nSPS) is 6.67. The van der Waals surface area contributed by atoms with E-state index in [0.717, 1.165) is 5.56 Å². The summed E-state index contributed by atoms with van der Waals surface area (Å²) in [6.07, 6.45) is 3.41. The van der Waals surface area contributed by atoms with Crippen LogP contribution in [0.2, 0.25) is 0 Å². The molecule has 0 saturated carbocycles. The molecule has 0 spiro atoms. The third-order valence-electron chi connectivity index (χ3n) is 1.19. The molecule has 15 heavy (non-hydrogen) atoms. The van der Waals surface area contributed by atoms with Crippen molar-refractivity contribution in [3.63, 3.8) is 0 Å². The molecule has 0 fully saturated rings. The van der Waals surface area contributed by atoms with Crippen LogP contribution >= 0.6 is 49.6 Å². The first-order chi connectivity index (χ1) is 5.29. The zero-order valence-electron chi connectivity index (χ0n) is 7.70. The van der Waals surface area contributed by atoms with Gasteiger partial charge in [-0.3, -0.25) is 4.98 Å². The molecule has 90 valence electrons. The van der Waals surface area contributed by atoms with Gasteiger partial charge < -0.3 is 11.5 Å². The van der Waals surface area contributed by atoms with E-state index < -0.39 is 0 Å². The summed E-state index contributed by atoms with van der Waals surface area (Å²) in [5.74, 6) is 0.113. The first-order valence-corrected chi connectivity index (χ1v) is 3.23. The Morgan fingerprint density at radius 3 is 1.93 bits per heavy atom. The Labute approximate surface area is 114 Å². The molecule has 0 aliphatic heterocycles. The number of rotatable bonds is 2. The second kappa shape index (κ2) is 13.6. The smallest absolute Gasteiger partial charge is 0.186 e. The number of guanidine groups is 1. The summed E-state index contributed by atoms with van der Waals surface area (Å²) in [6, 6.07) is 3.74. The molecule has 1 aromatic heterocycles. The molecule has 0 amide bonds. The molecule has 1 rings (SSSR count). The summed E-state index contributed by atoms with van der Waals surface area (Å²) in [5, 5.41) is 0. The fourth-order valence-corrected chi connectivity index (χ4v) is 0.671. The van der Waals surface area contributed by atoms with E-state index in [1.54, 1.807) is 12.4 Å². The lowest BCUT2D eigenvalue weighted by molar-refractivity contribution is 1.04. The number of pyridine rings is 1. The fourth-order valence-electron chi connectivity index (χ4n) is 0.671. The Morgan fingerprint density at radius 1 is 1.07 bits per heavy atom. The van der Waals surface area contributed by atoms with Gasteiger partial charge in [0.1, 0.15) is 0 Å². The number of hydrogen-bond acceptors (Lipinski definition) is 2. The maximum absolute atomic E-state index is 5.15. The zero-order valence-corrected chi connectivity index (χ0v) is 11.0. The summed E-state index contributed by atoms with van der Waals surface area (Å²) >= 11 is 0. The van der Waals surface area contributed by atoms with Crippen LogP contribution in [-0.4, -0.2) is 10.9 Å². The van der Waals surface area contributed by atoms with E-state index >= 15 is 0 Å². The number of aliphatic imine (C=N–C) groups is 1. The minimum atomic E-state index is 0. The maximum atomic E-state index is 5.15. The van der Waals surface area contributed by atoms with Gasteiger partial charge in [-0.1, -0.05) is 0 Å². The lowest BCUT2D eigenvalue weighted by Gasteiger charge is -1.94. The van der Waals surface area contributed by atoms with Crippen LogP contribution in [0.1, 0.15) is 5.56 Å². The Morgan fingerprint density at radius 2 is 1.53 bits per heavy atom. The molecule has 4 N–H and O–H groups in total. The minimum absolute atomic E-state index is 0. The Hall–Kier alpha value is -0.420. The van der Waals surface area contributed by atoms with E-state index in [1.807, 2.05) is 12.1 Å². The Balaban J connectivity index is -0.000000151. The highest BCUT2D eigenvalue weighted by atomic mass is 35.5. The van der Waals surface area contributed by atoms with Crippen LogP contribution in [0.3, 0.4) is 0 Å². The van der Waals surface area contributed by atoms with Crippen molar-refractivity contribution in [1.82, 2.24) is 4.98 Å². The molecule has 0 aliphatic rings. The van der Waals surface area contributed by atoms with E-state index in [2.05, 4.69) is 9.98 Å². The molecule has 1 heterocycles. The van der Waals surface area contributed by atoms with E-state index in [4.69, 9.17) is 11.5 Å². The van der Waals surface area contributed by atoms with Crippen LogP contribution < -0.4 is 11.5 Å². The predicted octanol–water partition coefficient (Wildman–Crippen LogP) is 1.54. The van der Waals surface area contributed by atoms with E-state index in [1.165, 1.54) is 0 Å². The SMILES string of the molecule is Cl.Cl.Cl.Cl.NC(N)=NCc1ccncc1. The van der Waals surface area contributed by atoms with Crippen LogP contribution in [0, 0.1) is 0 Å². The minimum Gasteiger partial charge on any atom is -0.370 e. The van der Waals surface area contributed by atoms with E-state index in [9.17, 15) is 0 Å². The van der Waals surface area contributed by atoms with Crippen LogP contribution in [0.25, 0.3) is 0 Å². The summed E-state index contributed by atoms with van der Waals surface area (Å²) in [4.78, 5) is 7.70. The zero-order chi connectivity index (χ0) is 8.10. The van der Waals surface area contributed by atoms with Crippen molar-refractivity contribution in [3.05, 3.63) is 30.1 Å².